The molecule has 0 aliphatic carbocycles. The van der Waals surface area contributed by atoms with E-state index in [9.17, 15) is 9.59 Å². The summed E-state index contributed by atoms with van der Waals surface area (Å²) >= 11 is 6.39. The lowest BCUT2D eigenvalue weighted by atomic mass is 10.0. The van der Waals surface area contributed by atoms with E-state index in [1.807, 2.05) is 58.3 Å². The van der Waals surface area contributed by atoms with Crippen molar-refractivity contribution in [1.82, 2.24) is 15.1 Å². The second kappa shape index (κ2) is 9.61. The molecule has 4 rings (SSSR count). The molecule has 2 amide bonds. The fourth-order valence-electron chi connectivity index (χ4n) is 3.98. The van der Waals surface area contributed by atoms with Crippen LogP contribution < -0.4 is 5.32 Å². The largest absolute Gasteiger partial charge is 0.338 e. The molecule has 1 N–H and O–H groups in total. The fraction of sp³-hybridized carbons (Fsp3) is 0.364. The number of amides is 2. The third-order valence-corrected chi connectivity index (χ3v) is 5.86. The minimum Gasteiger partial charge on any atom is -0.338 e. The van der Waals surface area contributed by atoms with Crippen LogP contribution in [-0.2, 0) is 11.3 Å². The van der Waals surface area contributed by atoms with Gasteiger partial charge in [0, 0.05) is 49.7 Å². The summed E-state index contributed by atoms with van der Waals surface area (Å²) < 4.78 is 0. The zero-order valence-corrected chi connectivity index (χ0v) is 17.7. The molecule has 0 radical (unpaired) electrons. The van der Waals surface area contributed by atoms with E-state index in [2.05, 4.69) is 5.32 Å². The van der Waals surface area contributed by atoms with Gasteiger partial charge in [-0.1, -0.05) is 41.9 Å². The number of piperazine rings is 1. The number of carbonyl (C=O) groups is 2. The van der Waals surface area contributed by atoms with Crippen molar-refractivity contribution < 1.29 is 9.59 Å². The molecule has 0 aromatic heterocycles. The summed E-state index contributed by atoms with van der Waals surface area (Å²) in [6, 6.07) is 15.2. The van der Waals surface area contributed by atoms with Gasteiger partial charge in [-0.25, -0.2) is 0 Å². The molecule has 2 aliphatic rings. The number of rotatable bonds is 4. The topological polar surface area (TPSA) is 52.7 Å². The second-order valence-electron chi connectivity index (χ2n) is 7.36. The number of halogens is 2. The normalized spacial score (nSPS) is 19.2. The molecule has 2 fully saturated rings. The standard InChI is InChI=1S/C22H24ClN3O2.ClH/c23-19-5-2-1-4-18(19)20-14-24-11-13-26(20)22(28)17-9-7-16(8-10-17)15-25-12-3-6-21(25)27;/h1-2,4-5,7-10,20,24H,3,6,11-15H2;1H. The van der Waals surface area contributed by atoms with Crippen LogP contribution in [0.5, 0.6) is 0 Å². The van der Waals surface area contributed by atoms with E-state index >= 15 is 0 Å². The Morgan fingerprint density at radius 3 is 2.55 bits per heavy atom. The second-order valence-corrected chi connectivity index (χ2v) is 7.76. The van der Waals surface area contributed by atoms with Gasteiger partial charge in [0.25, 0.3) is 5.91 Å². The summed E-state index contributed by atoms with van der Waals surface area (Å²) in [6.45, 7) is 3.52. The maximum absolute atomic E-state index is 13.2. The van der Waals surface area contributed by atoms with E-state index in [0.29, 0.717) is 36.6 Å². The third-order valence-electron chi connectivity index (χ3n) is 5.51. The van der Waals surface area contributed by atoms with Crippen LogP contribution in [0.2, 0.25) is 5.02 Å². The first-order chi connectivity index (χ1) is 13.6. The van der Waals surface area contributed by atoms with Gasteiger partial charge in [0.2, 0.25) is 5.91 Å². The zero-order valence-electron chi connectivity index (χ0n) is 16.1. The highest BCUT2D eigenvalue weighted by Gasteiger charge is 2.30. The van der Waals surface area contributed by atoms with E-state index in [1.165, 1.54) is 0 Å². The highest BCUT2D eigenvalue weighted by molar-refractivity contribution is 6.31. The van der Waals surface area contributed by atoms with Gasteiger partial charge in [0.15, 0.2) is 0 Å². The van der Waals surface area contributed by atoms with Gasteiger partial charge in [-0.3, -0.25) is 9.59 Å². The number of likely N-dealkylation sites (tertiary alicyclic amines) is 1. The molecule has 0 saturated carbocycles. The number of nitrogens with one attached hydrogen (secondary N) is 1. The molecule has 5 nitrogen and oxygen atoms in total. The van der Waals surface area contributed by atoms with Crippen molar-refractivity contribution >= 4 is 35.8 Å². The lowest BCUT2D eigenvalue weighted by Crippen LogP contribution is -2.48. The van der Waals surface area contributed by atoms with Gasteiger partial charge < -0.3 is 15.1 Å². The fourth-order valence-corrected chi connectivity index (χ4v) is 4.24. The Balaban J connectivity index is 0.00000240. The van der Waals surface area contributed by atoms with Crippen LogP contribution in [0.4, 0.5) is 0 Å². The van der Waals surface area contributed by atoms with Gasteiger partial charge in [-0.15, -0.1) is 12.4 Å². The Morgan fingerprint density at radius 1 is 1.10 bits per heavy atom. The third kappa shape index (κ3) is 4.74. The lowest BCUT2D eigenvalue weighted by Gasteiger charge is -2.37. The van der Waals surface area contributed by atoms with Crippen molar-refractivity contribution in [3.05, 3.63) is 70.2 Å². The van der Waals surface area contributed by atoms with Gasteiger partial charge in [0.1, 0.15) is 0 Å². The maximum Gasteiger partial charge on any atom is 0.254 e. The molecular formula is C22H25Cl2N3O2. The van der Waals surface area contributed by atoms with E-state index < -0.39 is 0 Å². The zero-order chi connectivity index (χ0) is 19.5. The highest BCUT2D eigenvalue weighted by atomic mass is 35.5. The van der Waals surface area contributed by atoms with Crippen LogP contribution in [0.25, 0.3) is 0 Å². The summed E-state index contributed by atoms with van der Waals surface area (Å²) in [5.41, 5.74) is 2.68. The summed E-state index contributed by atoms with van der Waals surface area (Å²) in [5.74, 6) is 0.221. The van der Waals surface area contributed by atoms with Crippen LogP contribution in [-0.4, -0.2) is 47.8 Å². The van der Waals surface area contributed by atoms with E-state index in [0.717, 1.165) is 30.6 Å². The van der Waals surface area contributed by atoms with Crippen LogP contribution in [0.15, 0.2) is 48.5 Å². The molecule has 2 aliphatic heterocycles. The Kier molecular flexibility index (Phi) is 7.17. The van der Waals surface area contributed by atoms with Crippen molar-refractivity contribution in [2.75, 3.05) is 26.2 Å². The predicted molar refractivity (Wildman–Crippen MR) is 116 cm³/mol. The Morgan fingerprint density at radius 2 is 1.86 bits per heavy atom. The minimum absolute atomic E-state index is 0. The smallest absolute Gasteiger partial charge is 0.254 e. The lowest BCUT2D eigenvalue weighted by molar-refractivity contribution is -0.128. The Bertz CT molecular complexity index is 873. The predicted octanol–water partition coefficient (Wildman–Crippen LogP) is 3.67. The van der Waals surface area contributed by atoms with Crippen LogP contribution in [0, 0.1) is 0 Å². The number of nitrogens with zero attached hydrogens (tertiary/aromatic N) is 2. The van der Waals surface area contributed by atoms with Gasteiger partial charge >= 0.3 is 0 Å². The SMILES string of the molecule is Cl.O=C1CCCN1Cc1ccc(C(=O)N2CCNCC2c2ccccc2Cl)cc1. The van der Waals surface area contributed by atoms with Crippen molar-refractivity contribution in [3.63, 3.8) is 0 Å². The highest BCUT2D eigenvalue weighted by Crippen LogP contribution is 2.29. The van der Waals surface area contributed by atoms with E-state index in [-0.39, 0.29) is 30.3 Å². The van der Waals surface area contributed by atoms with Crippen LogP contribution in [0.1, 0.15) is 40.4 Å². The molecular weight excluding hydrogens is 409 g/mol. The minimum atomic E-state index is -0.0863. The molecule has 1 atom stereocenters. The van der Waals surface area contributed by atoms with E-state index in [1.54, 1.807) is 0 Å². The average Bonchev–Trinajstić information content (AvgIpc) is 3.13. The summed E-state index contributed by atoms with van der Waals surface area (Å²) in [4.78, 5) is 28.8. The molecule has 2 aromatic carbocycles. The van der Waals surface area contributed by atoms with Gasteiger partial charge in [-0.05, 0) is 35.7 Å². The molecule has 29 heavy (non-hydrogen) atoms. The molecule has 2 aromatic rings. The number of hydrogen-bond acceptors (Lipinski definition) is 3. The Labute approximate surface area is 182 Å². The molecule has 0 bridgehead atoms. The maximum atomic E-state index is 13.2. The first-order valence-electron chi connectivity index (χ1n) is 9.76. The quantitative estimate of drug-likeness (QED) is 0.799. The molecule has 2 heterocycles. The molecule has 2 saturated heterocycles. The van der Waals surface area contributed by atoms with Crippen molar-refractivity contribution in [1.29, 1.82) is 0 Å². The summed E-state index contributed by atoms with van der Waals surface area (Å²) in [5, 5.41) is 4.04. The van der Waals surface area contributed by atoms with Crippen LogP contribution in [0.3, 0.4) is 0 Å². The van der Waals surface area contributed by atoms with Crippen molar-refractivity contribution in [2.45, 2.75) is 25.4 Å². The first-order valence-corrected chi connectivity index (χ1v) is 10.1. The molecule has 0 spiro atoms. The summed E-state index contributed by atoms with van der Waals surface area (Å²) in [6.07, 6.45) is 1.57. The van der Waals surface area contributed by atoms with Gasteiger partial charge in [-0.2, -0.15) is 0 Å². The average molecular weight is 434 g/mol. The summed E-state index contributed by atoms with van der Waals surface area (Å²) in [7, 11) is 0. The number of benzene rings is 2. The monoisotopic (exact) mass is 433 g/mol. The molecule has 154 valence electrons. The Hall–Kier alpha value is -2.08. The van der Waals surface area contributed by atoms with Crippen molar-refractivity contribution in [2.24, 2.45) is 0 Å². The molecule has 1 unspecified atom stereocenters. The number of carbonyl (C=O) groups excluding carboxylic acids is 2. The van der Waals surface area contributed by atoms with Crippen molar-refractivity contribution in [3.8, 4) is 0 Å². The van der Waals surface area contributed by atoms with E-state index in [4.69, 9.17) is 11.6 Å². The molecule has 7 heteroatoms. The number of hydrogen-bond donors (Lipinski definition) is 1. The van der Waals surface area contributed by atoms with Gasteiger partial charge in [0.05, 0.1) is 6.04 Å². The van der Waals surface area contributed by atoms with Crippen LogP contribution >= 0.6 is 24.0 Å². The first kappa shape index (κ1) is 21.6.